The van der Waals surface area contributed by atoms with Gasteiger partial charge in [-0.25, -0.2) is 9.78 Å². The lowest BCUT2D eigenvalue weighted by Crippen LogP contribution is -2.29. The number of fused-ring (bicyclic) bond motifs is 1. The number of nitrogens with zero attached hydrogens (tertiary/aromatic N) is 2. The van der Waals surface area contributed by atoms with E-state index in [-0.39, 0.29) is 5.56 Å². The summed E-state index contributed by atoms with van der Waals surface area (Å²) in [7, 11) is 0. The Morgan fingerprint density at radius 1 is 1.38 bits per heavy atom. The number of aliphatic carboxylic acids is 1. The molecule has 7 heteroatoms. The van der Waals surface area contributed by atoms with E-state index in [0.29, 0.717) is 16.6 Å². The number of hydrogen-bond acceptors (Lipinski definition) is 4. The molecule has 1 aromatic carbocycles. The van der Waals surface area contributed by atoms with Gasteiger partial charge in [0, 0.05) is 14.9 Å². The van der Waals surface area contributed by atoms with Crippen LogP contribution in [0.15, 0.2) is 39.9 Å². The predicted molar refractivity (Wildman–Crippen MR) is 98.7 cm³/mol. The summed E-state index contributed by atoms with van der Waals surface area (Å²) in [6.45, 7) is 3.69. The molecule has 2 aromatic heterocycles. The van der Waals surface area contributed by atoms with Gasteiger partial charge in [-0.3, -0.25) is 9.36 Å². The third kappa shape index (κ3) is 2.78. The van der Waals surface area contributed by atoms with Gasteiger partial charge in [0.25, 0.3) is 5.56 Å². The second kappa shape index (κ2) is 6.49. The van der Waals surface area contributed by atoms with Gasteiger partial charge in [0.15, 0.2) is 0 Å². The Hall–Kier alpha value is -1.99. The number of hydrogen-bond donors (Lipinski definition) is 1. The van der Waals surface area contributed by atoms with Crippen molar-refractivity contribution in [2.45, 2.75) is 26.3 Å². The molecule has 0 bridgehead atoms. The van der Waals surface area contributed by atoms with Gasteiger partial charge in [-0.1, -0.05) is 35.0 Å². The molecule has 0 aliphatic carbocycles. The van der Waals surface area contributed by atoms with Crippen LogP contribution in [0.5, 0.6) is 0 Å². The molecule has 1 atom stereocenters. The zero-order valence-corrected chi connectivity index (χ0v) is 15.5. The molecule has 24 heavy (non-hydrogen) atoms. The molecule has 2 heterocycles. The molecule has 0 radical (unpaired) electrons. The highest BCUT2D eigenvalue weighted by atomic mass is 79.9. The maximum absolute atomic E-state index is 13.0. The van der Waals surface area contributed by atoms with E-state index in [1.54, 1.807) is 6.92 Å². The van der Waals surface area contributed by atoms with Crippen LogP contribution in [0.3, 0.4) is 0 Å². The van der Waals surface area contributed by atoms with Crippen molar-refractivity contribution in [2.24, 2.45) is 0 Å². The van der Waals surface area contributed by atoms with Gasteiger partial charge in [0.1, 0.15) is 10.9 Å². The summed E-state index contributed by atoms with van der Waals surface area (Å²) in [6.07, 6.45) is 1.66. The van der Waals surface area contributed by atoms with E-state index in [4.69, 9.17) is 0 Å². The van der Waals surface area contributed by atoms with Crippen LogP contribution < -0.4 is 5.56 Å². The van der Waals surface area contributed by atoms with E-state index < -0.39 is 12.0 Å². The smallest absolute Gasteiger partial charge is 0.326 e. The molecule has 124 valence electrons. The maximum atomic E-state index is 13.0. The largest absolute Gasteiger partial charge is 0.480 e. The molecule has 0 aliphatic heterocycles. The molecular formula is C17H15BrN2O3S. The number of carbonyl (C=O) groups is 1. The van der Waals surface area contributed by atoms with Crippen molar-refractivity contribution < 1.29 is 9.90 Å². The molecular weight excluding hydrogens is 392 g/mol. The highest BCUT2D eigenvalue weighted by Gasteiger charge is 2.23. The fraction of sp³-hybridized carbons (Fsp3) is 0.235. The number of carboxylic acids is 1. The van der Waals surface area contributed by atoms with E-state index >= 15 is 0 Å². The average Bonchev–Trinajstić information content (AvgIpc) is 2.88. The predicted octanol–water partition coefficient (Wildman–Crippen LogP) is 4.23. The van der Waals surface area contributed by atoms with Crippen LogP contribution in [-0.4, -0.2) is 20.6 Å². The van der Waals surface area contributed by atoms with Crippen molar-refractivity contribution in [1.82, 2.24) is 9.55 Å². The summed E-state index contributed by atoms with van der Waals surface area (Å²) in [5, 5.41) is 9.84. The Kier molecular flexibility index (Phi) is 4.56. The van der Waals surface area contributed by atoms with Crippen LogP contribution in [0.4, 0.5) is 0 Å². The van der Waals surface area contributed by atoms with Crippen LogP contribution in [0, 0.1) is 6.92 Å². The molecule has 0 spiro atoms. The fourth-order valence-corrected chi connectivity index (χ4v) is 4.06. The molecule has 0 saturated heterocycles. The number of rotatable bonds is 4. The van der Waals surface area contributed by atoms with Crippen molar-refractivity contribution in [3.63, 3.8) is 0 Å². The van der Waals surface area contributed by atoms with Crippen molar-refractivity contribution in [3.8, 4) is 11.1 Å². The first-order chi connectivity index (χ1) is 11.4. The van der Waals surface area contributed by atoms with Crippen LogP contribution in [0.2, 0.25) is 0 Å². The minimum absolute atomic E-state index is 0.309. The summed E-state index contributed by atoms with van der Waals surface area (Å²) >= 11 is 4.85. The van der Waals surface area contributed by atoms with Crippen molar-refractivity contribution in [1.29, 1.82) is 0 Å². The first kappa shape index (κ1) is 16.9. The van der Waals surface area contributed by atoms with E-state index in [9.17, 15) is 14.7 Å². The minimum Gasteiger partial charge on any atom is -0.480 e. The lowest BCUT2D eigenvalue weighted by Gasteiger charge is -2.13. The molecule has 3 aromatic rings. The van der Waals surface area contributed by atoms with E-state index in [2.05, 4.69) is 20.9 Å². The zero-order valence-electron chi connectivity index (χ0n) is 13.1. The van der Waals surface area contributed by atoms with E-state index in [1.165, 1.54) is 22.2 Å². The molecule has 0 fully saturated rings. The Morgan fingerprint density at radius 3 is 2.62 bits per heavy atom. The lowest BCUT2D eigenvalue weighted by molar-refractivity contribution is -0.141. The van der Waals surface area contributed by atoms with Crippen LogP contribution >= 0.6 is 27.3 Å². The topological polar surface area (TPSA) is 72.2 Å². The standard InChI is InChI=1S/C17H15BrN2O3S/c1-3-12(17(22)23)20-8-19-15-14(16(20)21)13(9(2)24-15)10-4-6-11(18)7-5-10/h4-8,12H,3H2,1-2H3,(H,22,23)/t12-/m1/s1. The highest BCUT2D eigenvalue weighted by molar-refractivity contribution is 9.10. The average molecular weight is 407 g/mol. The Labute approximate surface area is 150 Å². The van der Waals surface area contributed by atoms with Gasteiger partial charge in [0.05, 0.1) is 11.7 Å². The van der Waals surface area contributed by atoms with Crippen LogP contribution in [0.1, 0.15) is 24.3 Å². The van der Waals surface area contributed by atoms with Gasteiger partial charge in [0.2, 0.25) is 0 Å². The number of aromatic nitrogens is 2. The second-order valence-corrected chi connectivity index (χ2v) is 7.56. The van der Waals surface area contributed by atoms with Crippen molar-refractivity contribution in [2.75, 3.05) is 0 Å². The third-order valence-corrected chi connectivity index (χ3v) is 5.50. The first-order valence-electron chi connectivity index (χ1n) is 7.43. The maximum Gasteiger partial charge on any atom is 0.326 e. The summed E-state index contributed by atoms with van der Waals surface area (Å²) in [5.74, 6) is -1.03. The Morgan fingerprint density at radius 2 is 2.04 bits per heavy atom. The fourth-order valence-electron chi connectivity index (χ4n) is 2.79. The first-order valence-corrected chi connectivity index (χ1v) is 9.04. The quantitative estimate of drug-likeness (QED) is 0.703. The molecule has 0 aliphatic rings. The SMILES string of the molecule is CC[C@H](C(=O)O)n1cnc2sc(C)c(-c3ccc(Br)cc3)c2c1=O. The monoisotopic (exact) mass is 406 g/mol. The van der Waals surface area contributed by atoms with Gasteiger partial charge in [-0.15, -0.1) is 11.3 Å². The van der Waals surface area contributed by atoms with Crippen molar-refractivity contribution in [3.05, 3.63) is 50.3 Å². The van der Waals surface area contributed by atoms with Crippen LogP contribution in [0.25, 0.3) is 21.3 Å². The molecule has 0 amide bonds. The number of thiophene rings is 1. The van der Waals surface area contributed by atoms with Gasteiger partial charge in [-0.05, 0) is 31.0 Å². The Bertz CT molecular complexity index is 976. The van der Waals surface area contributed by atoms with Gasteiger partial charge in [-0.2, -0.15) is 0 Å². The Balaban J connectivity index is 2.31. The molecule has 1 N–H and O–H groups in total. The van der Waals surface area contributed by atoms with Crippen LogP contribution in [-0.2, 0) is 4.79 Å². The zero-order chi connectivity index (χ0) is 17.4. The lowest BCUT2D eigenvalue weighted by atomic mass is 10.0. The van der Waals surface area contributed by atoms with Gasteiger partial charge < -0.3 is 5.11 Å². The number of aryl methyl sites for hydroxylation is 1. The minimum atomic E-state index is -1.03. The number of halogens is 1. The summed E-state index contributed by atoms with van der Waals surface area (Å²) in [4.78, 5) is 30.3. The third-order valence-electron chi connectivity index (χ3n) is 3.95. The number of carboxylic acid groups (broad SMARTS) is 1. The normalized spacial score (nSPS) is 12.5. The van der Waals surface area contributed by atoms with Crippen molar-refractivity contribution >= 4 is 43.5 Å². The summed E-state index contributed by atoms with van der Waals surface area (Å²) in [5.41, 5.74) is 1.44. The molecule has 0 saturated carbocycles. The van der Waals surface area contributed by atoms with E-state index in [1.807, 2.05) is 31.2 Å². The molecule has 3 rings (SSSR count). The summed E-state index contributed by atoms with van der Waals surface area (Å²) < 4.78 is 2.18. The highest BCUT2D eigenvalue weighted by Crippen LogP contribution is 2.36. The second-order valence-electron chi connectivity index (χ2n) is 5.44. The molecule has 0 unspecified atom stereocenters. The molecule has 5 nitrogen and oxygen atoms in total. The van der Waals surface area contributed by atoms with E-state index in [0.717, 1.165) is 20.5 Å². The summed E-state index contributed by atoms with van der Waals surface area (Å²) in [6, 6.07) is 6.79. The van der Waals surface area contributed by atoms with Gasteiger partial charge >= 0.3 is 5.97 Å². The number of benzene rings is 1.